The second kappa shape index (κ2) is 4.73. The Morgan fingerprint density at radius 1 is 1.23 bits per heavy atom. The summed E-state index contributed by atoms with van der Waals surface area (Å²) in [5.41, 5.74) is 3.99. The normalized spacial score (nSPS) is 14.1. The monoisotopic (exact) mass is 292 g/mol. The van der Waals surface area contributed by atoms with Crippen LogP contribution in [-0.4, -0.2) is 37.1 Å². The van der Waals surface area contributed by atoms with E-state index in [1.54, 1.807) is 10.6 Å². The van der Waals surface area contributed by atoms with Crippen LogP contribution in [0.5, 0.6) is 0 Å². The Morgan fingerprint density at radius 3 is 2.86 bits per heavy atom. The lowest BCUT2D eigenvalue weighted by molar-refractivity contribution is 0.175. The van der Waals surface area contributed by atoms with Crippen molar-refractivity contribution in [2.24, 2.45) is 5.16 Å². The van der Waals surface area contributed by atoms with Crippen LogP contribution in [-0.2, 0) is 4.84 Å². The van der Waals surface area contributed by atoms with E-state index in [9.17, 15) is 0 Å². The van der Waals surface area contributed by atoms with Gasteiger partial charge in [-0.15, -0.1) is 10.2 Å². The van der Waals surface area contributed by atoms with Crippen molar-refractivity contribution in [2.75, 3.05) is 6.61 Å². The molecule has 7 nitrogen and oxygen atoms in total. The fraction of sp³-hybridized carbons (Fsp3) is 0.133. The second-order valence-electron chi connectivity index (χ2n) is 4.84. The van der Waals surface area contributed by atoms with Crippen LogP contribution in [0.4, 0.5) is 0 Å². The molecule has 2 aromatic heterocycles. The molecule has 0 spiro atoms. The molecule has 1 aliphatic rings. The highest BCUT2D eigenvalue weighted by molar-refractivity contribution is 6.22. The molecular formula is C15H12N6O. The van der Waals surface area contributed by atoms with Crippen LogP contribution in [0.2, 0.25) is 0 Å². The Balaban J connectivity index is 1.98. The average molecular weight is 292 g/mol. The molecule has 4 rings (SSSR count). The molecule has 2 heterocycles. The van der Waals surface area contributed by atoms with Gasteiger partial charge < -0.3 is 4.84 Å². The van der Waals surface area contributed by atoms with E-state index >= 15 is 0 Å². The van der Waals surface area contributed by atoms with Crippen LogP contribution in [0.1, 0.15) is 17.1 Å². The first kappa shape index (κ1) is 12.6. The van der Waals surface area contributed by atoms with Gasteiger partial charge in [0.1, 0.15) is 23.7 Å². The van der Waals surface area contributed by atoms with Gasteiger partial charge in [0.2, 0.25) is 0 Å². The van der Waals surface area contributed by atoms with Gasteiger partial charge in [-0.1, -0.05) is 42.1 Å². The zero-order valence-electron chi connectivity index (χ0n) is 11.9. The number of rotatable bonds is 3. The Morgan fingerprint density at radius 2 is 2.05 bits per heavy atom. The summed E-state index contributed by atoms with van der Waals surface area (Å²) in [7, 11) is 0. The first-order chi connectivity index (χ1) is 10.8. The van der Waals surface area contributed by atoms with Crippen LogP contribution in [0.25, 0.3) is 17.0 Å². The molecule has 0 bridgehead atoms. The van der Waals surface area contributed by atoms with Crippen molar-refractivity contribution in [3.05, 3.63) is 54.0 Å². The fourth-order valence-corrected chi connectivity index (χ4v) is 2.45. The summed E-state index contributed by atoms with van der Waals surface area (Å²) >= 11 is 0. The molecule has 0 aliphatic heterocycles. The molecule has 0 saturated carbocycles. The molecule has 0 N–H and O–H groups in total. The van der Waals surface area contributed by atoms with Crippen molar-refractivity contribution in [1.82, 2.24) is 24.8 Å². The van der Waals surface area contributed by atoms with Crippen molar-refractivity contribution < 1.29 is 4.84 Å². The Kier molecular flexibility index (Phi) is 2.72. The molecule has 1 aromatic carbocycles. The van der Waals surface area contributed by atoms with E-state index in [1.165, 1.54) is 0 Å². The second-order valence-corrected chi connectivity index (χ2v) is 4.84. The summed E-state index contributed by atoms with van der Waals surface area (Å²) in [5.74, 6) is 1.15. The SMILES string of the molecule is C=CCO/N=C1\c2ccccc2-c2nc3nnc(C)n3nc21. The van der Waals surface area contributed by atoms with Gasteiger partial charge in [0, 0.05) is 11.1 Å². The minimum atomic E-state index is 0.336. The van der Waals surface area contributed by atoms with Crippen LogP contribution >= 0.6 is 0 Å². The van der Waals surface area contributed by atoms with Crippen molar-refractivity contribution in [1.29, 1.82) is 0 Å². The molecule has 1 aliphatic carbocycles. The van der Waals surface area contributed by atoms with Gasteiger partial charge in [0.15, 0.2) is 5.82 Å². The van der Waals surface area contributed by atoms with Crippen molar-refractivity contribution in [2.45, 2.75) is 6.92 Å². The molecule has 22 heavy (non-hydrogen) atoms. The molecule has 0 saturated heterocycles. The van der Waals surface area contributed by atoms with Gasteiger partial charge in [-0.25, -0.2) is 4.98 Å². The van der Waals surface area contributed by atoms with Crippen molar-refractivity contribution in [3.63, 3.8) is 0 Å². The third-order valence-electron chi connectivity index (χ3n) is 3.43. The smallest absolute Gasteiger partial charge is 0.272 e. The molecule has 3 aromatic rings. The summed E-state index contributed by atoms with van der Waals surface area (Å²) in [4.78, 5) is 9.83. The molecule has 0 amide bonds. The molecular weight excluding hydrogens is 280 g/mol. The summed E-state index contributed by atoms with van der Waals surface area (Å²) in [6.07, 6.45) is 1.64. The lowest BCUT2D eigenvalue weighted by atomic mass is 10.1. The highest BCUT2D eigenvalue weighted by Gasteiger charge is 2.30. The van der Waals surface area contributed by atoms with Crippen LogP contribution in [0.15, 0.2) is 42.1 Å². The standard InChI is InChI=1S/C15H12N6O/c1-3-8-22-20-13-11-7-5-4-6-10(11)12-14(13)19-21-9(2)17-18-15(21)16-12/h3-7H,1,8H2,2H3/b20-13+. The number of benzene rings is 1. The topological polar surface area (TPSA) is 77.6 Å². The minimum Gasteiger partial charge on any atom is -0.391 e. The lowest BCUT2D eigenvalue weighted by Crippen LogP contribution is -2.08. The number of oxime groups is 1. The van der Waals surface area contributed by atoms with Crippen LogP contribution in [0, 0.1) is 6.92 Å². The van der Waals surface area contributed by atoms with E-state index in [0.717, 1.165) is 16.8 Å². The summed E-state index contributed by atoms with van der Waals surface area (Å²) in [5, 5.41) is 16.8. The summed E-state index contributed by atoms with van der Waals surface area (Å²) < 4.78 is 1.60. The molecule has 0 fully saturated rings. The number of hydrogen-bond donors (Lipinski definition) is 0. The lowest BCUT2D eigenvalue weighted by Gasteiger charge is -2.01. The highest BCUT2D eigenvalue weighted by Crippen LogP contribution is 2.34. The van der Waals surface area contributed by atoms with Crippen LogP contribution < -0.4 is 0 Å². The zero-order chi connectivity index (χ0) is 15.1. The van der Waals surface area contributed by atoms with E-state index in [1.807, 2.05) is 31.2 Å². The van der Waals surface area contributed by atoms with E-state index in [-0.39, 0.29) is 0 Å². The predicted molar refractivity (Wildman–Crippen MR) is 80.5 cm³/mol. The zero-order valence-corrected chi connectivity index (χ0v) is 11.9. The Bertz CT molecular complexity index is 927. The van der Waals surface area contributed by atoms with E-state index in [2.05, 4.69) is 32.0 Å². The van der Waals surface area contributed by atoms with Gasteiger partial charge in [0.05, 0.1) is 0 Å². The predicted octanol–water partition coefficient (Wildman–Crippen LogP) is 1.76. The molecule has 0 atom stereocenters. The Hall–Kier alpha value is -3.09. The molecule has 0 unspecified atom stereocenters. The summed E-state index contributed by atoms with van der Waals surface area (Å²) in [6.45, 7) is 5.78. The maximum Gasteiger partial charge on any atom is 0.272 e. The Labute approximate surface area is 126 Å². The summed E-state index contributed by atoms with van der Waals surface area (Å²) in [6, 6.07) is 7.87. The number of nitrogens with zero attached hydrogens (tertiary/aromatic N) is 6. The number of aryl methyl sites for hydroxylation is 1. The minimum absolute atomic E-state index is 0.336. The molecule has 7 heteroatoms. The number of hydrogen-bond acceptors (Lipinski definition) is 6. The van der Waals surface area contributed by atoms with Gasteiger partial charge in [0.25, 0.3) is 5.78 Å². The highest BCUT2D eigenvalue weighted by atomic mass is 16.6. The third kappa shape index (κ3) is 1.72. The fourth-order valence-electron chi connectivity index (χ4n) is 2.45. The molecule has 0 radical (unpaired) electrons. The maximum atomic E-state index is 5.27. The van der Waals surface area contributed by atoms with Gasteiger partial charge in [-0.3, -0.25) is 0 Å². The number of fused-ring (bicyclic) bond motifs is 4. The van der Waals surface area contributed by atoms with Gasteiger partial charge >= 0.3 is 0 Å². The first-order valence-electron chi connectivity index (χ1n) is 6.80. The van der Waals surface area contributed by atoms with E-state index in [4.69, 9.17) is 4.84 Å². The van der Waals surface area contributed by atoms with E-state index < -0.39 is 0 Å². The molecule has 108 valence electrons. The van der Waals surface area contributed by atoms with Crippen molar-refractivity contribution in [3.8, 4) is 11.3 Å². The average Bonchev–Trinajstić information content (AvgIpc) is 3.05. The first-order valence-corrected chi connectivity index (χ1v) is 6.80. The van der Waals surface area contributed by atoms with Crippen molar-refractivity contribution >= 4 is 11.5 Å². The van der Waals surface area contributed by atoms with E-state index in [0.29, 0.717) is 29.6 Å². The van der Waals surface area contributed by atoms with Gasteiger partial charge in [-0.05, 0) is 6.92 Å². The van der Waals surface area contributed by atoms with Crippen LogP contribution in [0.3, 0.4) is 0 Å². The maximum absolute atomic E-state index is 5.27. The van der Waals surface area contributed by atoms with Gasteiger partial charge in [-0.2, -0.15) is 9.61 Å². The number of aromatic nitrogens is 5. The largest absolute Gasteiger partial charge is 0.391 e. The third-order valence-corrected chi connectivity index (χ3v) is 3.43. The quantitative estimate of drug-likeness (QED) is 0.327.